The summed E-state index contributed by atoms with van der Waals surface area (Å²) in [6, 6.07) is 9.88. The van der Waals surface area contributed by atoms with E-state index in [1.807, 2.05) is 0 Å². The van der Waals surface area contributed by atoms with Crippen LogP contribution in [0.1, 0.15) is 42.4 Å². The Labute approximate surface area is 206 Å². The molecule has 0 saturated heterocycles. The number of aromatic nitrogens is 1. The summed E-state index contributed by atoms with van der Waals surface area (Å²) in [5.74, 6) is -1.10. The SMILES string of the molecule is COc1ccc(CN(c2scnc2C(=O)OC(C)(C)C)S(=O)(=O)c2ccc(/C=N\O)c(F)c2)cc1. The number of esters is 1. The Morgan fingerprint density at radius 1 is 1.23 bits per heavy atom. The second-order valence-electron chi connectivity index (χ2n) is 8.30. The molecule has 2 aromatic carbocycles. The monoisotopic (exact) mass is 521 g/mol. The number of rotatable bonds is 8. The summed E-state index contributed by atoms with van der Waals surface area (Å²) in [4.78, 5) is 16.5. The highest BCUT2D eigenvalue weighted by molar-refractivity contribution is 7.93. The molecule has 0 atom stereocenters. The van der Waals surface area contributed by atoms with Crippen molar-refractivity contribution in [2.75, 3.05) is 11.4 Å². The molecule has 0 bridgehead atoms. The molecule has 0 aliphatic rings. The summed E-state index contributed by atoms with van der Waals surface area (Å²) < 4.78 is 53.5. The topological polar surface area (TPSA) is 118 Å². The first-order valence-electron chi connectivity index (χ1n) is 10.3. The van der Waals surface area contributed by atoms with Crippen LogP contribution in [-0.2, 0) is 21.3 Å². The number of ether oxygens (including phenoxy) is 2. The number of thiazole rings is 1. The average Bonchev–Trinajstić information content (AvgIpc) is 3.27. The lowest BCUT2D eigenvalue weighted by Crippen LogP contribution is -2.32. The minimum absolute atomic E-state index is 0.0245. The van der Waals surface area contributed by atoms with Gasteiger partial charge in [-0.15, -0.1) is 11.3 Å². The van der Waals surface area contributed by atoms with Crippen LogP contribution in [0.2, 0.25) is 0 Å². The van der Waals surface area contributed by atoms with Crippen molar-refractivity contribution in [1.82, 2.24) is 4.98 Å². The van der Waals surface area contributed by atoms with Crippen LogP contribution in [0.4, 0.5) is 9.39 Å². The lowest BCUT2D eigenvalue weighted by atomic mass is 10.2. The number of oxime groups is 1. The number of hydrogen-bond acceptors (Lipinski definition) is 9. The van der Waals surface area contributed by atoms with Crippen LogP contribution in [0.5, 0.6) is 5.75 Å². The van der Waals surface area contributed by atoms with Crippen molar-refractivity contribution in [1.29, 1.82) is 0 Å². The third kappa shape index (κ3) is 6.14. The van der Waals surface area contributed by atoms with Gasteiger partial charge in [0.25, 0.3) is 10.0 Å². The molecule has 1 heterocycles. The molecule has 0 saturated carbocycles. The zero-order valence-electron chi connectivity index (χ0n) is 19.4. The number of halogens is 1. The average molecular weight is 522 g/mol. The van der Waals surface area contributed by atoms with Gasteiger partial charge in [-0.1, -0.05) is 17.3 Å². The standard InChI is InChI=1S/C23H24FN3O6S2/c1-23(2,3)33-22(28)20-21(34-14-25-20)27(13-15-5-8-17(32-4)9-6-15)35(30,31)18-10-7-16(12-26-29)19(24)11-18/h5-12,14,29H,13H2,1-4H3/b26-12-. The van der Waals surface area contributed by atoms with Gasteiger partial charge in [0.15, 0.2) is 5.69 Å². The smallest absolute Gasteiger partial charge is 0.360 e. The summed E-state index contributed by atoms with van der Waals surface area (Å²) in [6.45, 7) is 4.88. The highest BCUT2D eigenvalue weighted by atomic mass is 32.2. The molecule has 1 aromatic heterocycles. The zero-order chi connectivity index (χ0) is 25.8. The van der Waals surface area contributed by atoms with Gasteiger partial charge in [0.2, 0.25) is 0 Å². The van der Waals surface area contributed by atoms with Gasteiger partial charge >= 0.3 is 5.97 Å². The first kappa shape index (κ1) is 26.1. The predicted molar refractivity (Wildman–Crippen MR) is 129 cm³/mol. The van der Waals surface area contributed by atoms with E-state index in [0.717, 1.165) is 27.9 Å². The fourth-order valence-corrected chi connectivity index (χ4v) is 5.49. The van der Waals surface area contributed by atoms with Gasteiger partial charge in [-0.3, -0.25) is 4.31 Å². The maximum absolute atomic E-state index is 14.5. The van der Waals surface area contributed by atoms with Gasteiger partial charge in [0, 0.05) is 5.56 Å². The molecule has 0 spiro atoms. The summed E-state index contributed by atoms with van der Waals surface area (Å²) in [7, 11) is -2.86. The molecule has 0 fully saturated rings. The summed E-state index contributed by atoms with van der Waals surface area (Å²) >= 11 is 0.938. The van der Waals surface area contributed by atoms with Crippen molar-refractivity contribution in [3.05, 3.63) is 70.6 Å². The van der Waals surface area contributed by atoms with Crippen LogP contribution in [0.3, 0.4) is 0 Å². The Bertz CT molecular complexity index is 1330. The Morgan fingerprint density at radius 3 is 2.49 bits per heavy atom. The molecule has 35 heavy (non-hydrogen) atoms. The molecule has 0 unspecified atom stereocenters. The van der Waals surface area contributed by atoms with Gasteiger partial charge in [-0.25, -0.2) is 22.6 Å². The number of carbonyl (C=O) groups excluding carboxylic acids is 1. The van der Waals surface area contributed by atoms with Crippen LogP contribution < -0.4 is 9.04 Å². The van der Waals surface area contributed by atoms with E-state index in [1.54, 1.807) is 45.0 Å². The fraction of sp³-hybridized carbons (Fsp3) is 0.261. The molecule has 3 aromatic rings. The highest BCUT2D eigenvalue weighted by Gasteiger charge is 2.33. The number of benzene rings is 2. The van der Waals surface area contributed by atoms with Gasteiger partial charge in [-0.05, 0) is 56.7 Å². The fourth-order valence-electron chi connectivity index (χ4n) is 3.01. The molecule has 9 nitrogen and oxygen atoms in total. The van der Waals surface area contributed by atoms with E-state index >= 15 is 0 Å². The quantitative estimate of drug-likeness (QED) is 0.201. The van der Waals surface area contributed by atoms with Gasteiger partial charge in [0.05, 0.1) is 30.3 Å². The number of hydrogen-bond donors (Lipinski definition) is 1. The maximum Gasteiger partial charge on any atom is 0.360 e. The lowest BCUT2D eigenvalue weighted by Gasteiger charge is -2.25. The summed E-state index contributed by atoms with van der Waals surface area (Å²) in [6.07, 6.45) is 0.852. The number of methoxy groups -OCH3 is 1. The Kier molecular flexibility index (Phi) is 7.76. The maximum atomic E-state index is 14.5. The third-order valence-electron chi connectivity index (χ3n) is 4.61. The lowest BCUT2D eigenvalue weighted by molar-refractivity contribution is 0.00646. The molecule has 3 rings (SSSR count). The highest BCUT2D eigenvalue weighted by Crippen LogP contribution is 2.34. The van der Waals surface area contributed by atoms with Gasteiger partial charge in [-0.2, -0.15) is 0 Å². The van der Waals surface area contributed by atoms with Crippen LogP contribution in [0.15, 0.2) is 58.0 Å². The second kappa shape index (κ2) is 10.4. The number of carbonyl (C=O) groups is 1. The van der Waals surface area contributed by atoms with Crippen LogP contribution >= 0.6 is 11.3 Å². The Balaban J connectivity index is 2.11. The number of sulfonamides is 1. The minimum atomic E-state index is -4.37. The van der Waals surface area contributed by atoms with E-state index in [-0.39, 0.29) is 27.7 Å². The summed E-state index contributed by atoms with van der Waals surface area (Å²) in [5, 5.41) is 11.5. The van der Waals surface area contributed by atoms with E-state index in [4.69, 9.17) is 14.7 Å². The van der Waals surface area contributed by atoms with Crippen molar-refractivity contribution in [3.63, 3.8) is 0 Å². The van der Waals surface area contributed by atoms with Crippen molar-refractivity contribution in [2.24, 2.45) is 5.16 Å². The van der Waals surface area contributed by atoms with Crippen molar-refractivity contribution >= 4 is 38.5 Å². The van der Waals surface area contributed by atoms with E-state index in [9.17, 15) is 17.6 Å². The molecule has 186 valence electrons. The first-order chi connectivity index (χ1) is 16.5. The van der Waals surface area contributed by atoms with Crippen LogP contribution in [0.25, 0.3) is 0 Å². The van der Waals surface area contributed by atoms with Crippen molar-refractivity contribution in [3.8, 4) is 5.75 Å². The second-order valence-corrected chi connectivity index (χ2v) is 11.0. The number of nitrogens with zero attached hydrogens (tertiary/aromatic N) is 3. The summed E-state index contributed by atoms with van der Waals surface area (Å²) in [5.41, 5.74) is 0.826. The van der Waals surface area contributed by atoms with E-state index in [2.05, 4.69) is 10.1 Å². The first-order valence-corrected chi connectivity index (χ1v) is 12.6. The van der Waals surface area contributed by atoms with Crippen molar-refractivity contribution in [2.45, 2.75) is 37.8 Å². The molecule has 0 radical (unpaired) electrons. The normalized spacial score (nSPS) is 12.0. The molecule has 0 amide bonds. The third-order valence-corrected chi connectivity index (χ3v) is 7.31. The number of anilines is 1. The predicted octanol–water partition coefficient (Wildman–Crippen LogP) is 4.45. The minimum Gasteiger partial charge on any atom is -0.497 e. The molecular weight excluding hydrogens is 497 g/mol. The van der Waals surface area contributed by atoms with E-state index < -0.39 is 27.4 Å². The van der Waals surface area contributed by atoms with Gasteiger partial charge in [0.1, 0.15) is 22.2 Å². The Morgan fingerprint density at radius 2 is 1.91 bits per heavy atom. The molecular formula is C23H24FN3O6S2. The largest absolute Gasteiger partial charge is 0.497 e. The Hall–Kier alpha value is -3.51. The van der Waals surface area contributed by atoms with Gasteiger partial charge < -0.3 is 14.7 Å². The van der Waals surface area contributed by atoms with Crippen LogP contribution in [0, 0.1) is 5.82 Å². The van der Waals surface area contributed by atoms with E-state index in [1.165, 1.54) is 24.8 Å². The molecule has 0 aliphatic heterocycles. The zero-order valence-corrected chi connectivity index (χ0v) is 21.1. The molecule has 1 N–H and O–H groups in total. The molecule has 12 heteroatoms. The molecule has 0 aliphatic carbocycles. The van der Waals surface area contributed by atoms with Crippen LogP contribution in [-0.4, -0.2) is 43.5 Å². The van der Waals surface area contributed by atoms with E-state index in [0.29, 0.717) is 11.3 Å². The van der Waals surface area contributed by atoms with Crippen molar-refractivity contribution < 1.29 is 32.3 Å².